The summed E-state index contributed by atoms with van der Waals surface area (Å²) < 4.78 is 10.8. The molecule has 0 spiro atoms. The molecule has 1 aromatic heterocycles. The molecule has 0 aliphatic heterocycles. The van der Waals surface area contributed by atoms with Gasteiger partial charge in [-0.05, 0) is 31.0 Å². The van der Waals surface area contributed by atoms with Crippen LogP contribution in [0.3, 0.4) is 0 Å². The molecule has 0 saturated heterocycles. The molecule has 27 heavy (non-hydrogen) atoms. The summed E-state index contributed by atoms with van der Waals surface area (Å²) in [6, 6.07) is 12.6. The third-order valence-corrected chi connectivity index (χ3v) is 4.62. The lowest BCUT2D eigenvalue weighted by Crippen LogP contribution is -2.31. The lowest BCUT2D eigenvalue weighted by molar-refractivity contribution is -0.132. The zero-order valence-corrected chi connectivity index (χ0v) is 16.2. The van der Waals surface area contributed by atoms with Crippen LogP contribution in [0.1, 0.15) is 16.7 Å². The molecule has 1 heterocycles. The van der Waals surface area contributed by atoms with Gasteiger partial charge >= 0.3 is 5.63 Å². The second-order valence-electron chi connectivity index (χ2n) is 6.55. The molecule has 1 amide bonds. The van der Waals surface area contributed by atoms with Crippen LogP contribution in [0.4, 0.5) is 0 Å². The Morgan fingerprint density at radius 1 is 1.15 bits per heavy atom. The molecule has 0 N–H and O–H groups in total. The first kappa shape index (κ1) is 19.0. The quantitative estimate of drug-likeness (QED) is 0.620. The normalized spacial score (nSPS) is 10.8. The van der Waals surface area contributed by atoms with E-state index in [-0.39, 0.29) is 12.5 Å². The number of fused-ring (bicyclic) bond motifs is 1. The van der Waals surface area contributed by atoms with E-state index in [0.717, 1.165) is 16.5 Å². The molecule has 0 aliphatic rings. The molecule has 3 aromatic rings. The summed E-state index contributed by atoms with van der Waals surface area (Å²) in [6.07, 6.45) is 0. The fraction of sp³-hybridized carbons (Fsp3) is 0.238. The molecule has 0 unspecified atom stereocenters. The summed E-state index contributed by atoms with van der Waals surface area (Å²) in [7, 11) is 1.72. The molecule has 2 aromatic carbocycles. The lowest BCUT2D eigenvalue weighted by atomic mass is 10.1. The van der Waals surface area contributed by atoms with Crippen molar-refractivity contribution < 1.29 is 13.9 Å². The van der Waals surface area contributed by atoms with Crippen LogP contribution in [0.5, 0.6) is 5.75 Å². The highest BCUT2D eigenvalue weighted by molar-refractivity contribution is 6.32. The minimum absolute atomic E-state index is 0.163. The largest absolute Gasteiger partial charge is 0.482 e. The highest BCUT2D eigenvalue weighted by Gasteiger charge is 2.13. The van der Waals surface area contributed by atoms with Gasteiger partial charge in [0.05, 0.1) is 5.02 Å². The van der Waals surface area contributed by atoms with Crippen LogP contribution < -0.4 is 10.4 Å². The fourth-order valence-electron chi connectivity index (χ4n) is 2.74. The Hall–Kier alpha value is -2.79. The molecule has 0 bridgehead atoms. The molecule has 140 valence electrons. The zero-order chi connectivity index (χ0) is 19.6. The smallest absolute Gasteiger partial charge is 0.336 e. The molecule has 0 saturated carbocycles. The maximum Gasteiger partial charge on any atom is 0.336 e. The van der Waals surface area contributed by atoms with Crippen LogP contribution in [-0.4, -0.2) is 24.5 Å². The first-order valence-corrected chi connectivity index (χ1v) is 8.87. The number of carbonyl (C=O) groups excluding carboxylic acids is 1. The van der Waals surface area contributed by atoms with Gasteiger partial charge in [0.15, 0.2) is 6.61 Å². The predicted octanol–water partition coefficient (Wildman–Crippen LogP) is 4.10. The van der Waals surface area contributed by atoms with Crippen molar-refractivity contribution in [1.82, 2.24) is 4.90 Å². The van der Waals surface area contributed by atoms with Gasteiger partial charge in [-0.15, -0.1) is 0 Å². The number of carbonyl (C=O) groups is 1. The number of hydrogen-bond donors (Lipinski definition) is 0. The van der Waals surface area contributed by atoms with Crippen LogP contribution in [0, 0.1) is 13.8 Å². The summed E-state index contributed by atoms with van der Waals surface area (Å²) in [5.74, 6) is 0.118. The average molecular weight is 386 g/mol. The number of nitrogens with zero attached hydrogens (tertiary/aromatic N) is 1. The Balaban J connectivity index is 1.70. The summed E-state index contributed by atoms with van der Waals surface area (Å²) in [5, 5.41) is 1.09. The summed E-state index contributed by atoms with van der Waals surface area (Å²) >= 11 is 6.25. The SMILES string of the molecule is Cc1ccc(CN(C)C(=O)COc2cc3oc(=O)cc(C)c3cc2Cl)cc1. The van der Waals surface area contributed by atoms with Gasteiger partial charge < -0.3 is 14.1 Å². The number of likely N-dealkylation sites (N-methyl/N-ethyl adjacent to an activating group) is 1. The van der Waals surface area contributed by atoms with Crippen molar-refractivity contribution in [3.8, 4) is 5.75 Å². The number of aryl methyl sites for hydroxylation is 2. The maximum absolute atomic E-state index is 12.4. The zero-order valence-electron chi connectivity index (χ0n) is 15.4. The average Bonchev–Trinajstić information content (AvgIpc) is 2.62. The van der Waals surface area contributed by atoms with Crippen molar-refractivity contribution in [3.05, 3.63) is 74.6 Å². The predicted molar refractivity (Wildman–Crippen MR) is 105 cm³/mol. The standard InChI is InChI=1S/C21H20ClNO4/c1-13-4-6-15(7-5-13)11-23(3)20(24)12-26-19-10-18-16(9-17(19)22)14(2)8-21(25)27-18/h4-10H,11-12H2,1-3H3. The van der Waals surface area contributed by atoms with Crippen LogP contribution in [0.25, 0.3) is 11.0 Å². The highest BCUT2D eigenvalue weighted by atomic mass is 35.5. The maximum atomic E-state index is 12.4. The molecular weight excluding hydrogens is 366 g/mol. The molecule has 0 radical (unpaired) electrons. The van der Waals surface area contributed by atoms with Crippen molar-refractivity contribution in [3.63, 3.8) is 0 Å². The van der Waals surface area contributed by atoms with Gasteiger partial charge in [0, 0.05) is 31.1 Å². The monoisotopic (exact) mass is 385 g/mol. The van der Waals surface area contributed by atoms with Crippen LogP contribution in [0.2, 0.25) is 5.02 Å². The van der Waals surface area contributed by atoms with Gasteiger partial charge in [-0.2, -0.15) is 0 Å². The van der Waals surface area contributed by atoms with Gasteiger partial charge in [-0.25, -0.2) is 4.79 Å². The molecule has 6 heteroatoms. The van der Waals surface area contributed by atoms with Gasteiger partial charge in [0.25, 0.3) is 5.91 Å². The summed E-state index contributed by atoms with van der Waals surface area (Å²) in [5.41, 5.74) is 2.91. The Morgan fingerprint density at radius 2 is 1.85 bits per heavy atom. The second-order valence-corrected chi connectivity index (χ2v) is 6.96. The van der Waals surface area contributed by atoms with Gasteiger partial charge in [0.1, 0.15) is 11.3 Å². The fourth-order valence-corrected chi connectivity index (χ4v) is 2.95. The van der Waals surface area contributed by atoms with E-state index in [1.54, 1.807) is 31.0 Å². The second kappa shape index (κ2) is 7.84. The Kier molecular flexibility index (Phi) is 5.51. The number of amides is 1. The molecule has 0 fully saturated rings. The van der Waals surface area contributed by atoms with E-state index in [1.807, 2.05) is 31.2 Å². The van der Waals surface area contributed by atoms with Crippen LogP contribution >= 0.6 is 11.6 Å². The van der Waals surface area contributed by atoms with Crippen LogP contribution in [-0.2, 0) is 11.3 Å². The molecule has 3 rings (SSSR count). The Labute approximate surface area is 162 Å². The number of benzene rings is 2. The topological polar surface area (TPSA) is 59.8 Å². The van der Waals surface area contributed by atoms with E-state index in [4.69, 9.17) is 20.8 Å². The lowest BCUT2D eigenvalue weighted by Gasteiger charge is -2.18. The first-order chi connectivity index (χ1) is 12.8. The number of ether oxygens (including phenoxy) is 1. The molecular formula is C21H20ClNO4. The van der Waals surface area contributed by atoms with Gasteiger partial charge in [0.2, 0.25) is 0 Å². The van der Waals surface area contributed by atoms with Gasteiger partial charge in [-0.3, -0.25) is 4.79 Å². The minimum Gasteiger partial charge on any atom is -0.482 e. The van der Waals surface area contributed by atoms with Gasteiger partial charge in [-0.1, -0.05) is 41.4 Å². The Morgan fingerprint density at radius 3 is 2.56 bits per heavy atom. The van der Waals surface area contributed by atoms with Crippen molar-refractivity contribution in [2.75, 3.05) is 13.7 Å². The first-order valence-electron chi connectivity index (χ1n) is 8.50. The molecule has 0 atom stereocenters. The van der Waals surface area contributed by atoms with E-state index in [1.165, 1.54) is 11.6 Å². The van der Waals surface area contributed by atoms with E-state index in [0.29, 0.717) is 22.9 Å². The van der Waals surface area contributed by atoms with Crippen molar-refractivity contribution in [1.29, 1.82) is 0 Å². The van der Waals surface area contributed by atoms with Crippen LogP contribution in [0.15, 0.2) is 51.7 Å². The van der Waals surface area contributed by atoms with Crippen molar-refractivity contribution in [2.24, 2.45) is 0 Å². The van der Waals surface area contributed by atoms with E-state index in [9.17, 15) is 9.59 Å². The number of rotatable bonds is 5. The Bertz CT molecular complexity index is 1040. The molecule has 5 nitrogen and oxygen atoms in total. The third kappa shape index (κ3) is 4.49. The van der Waals surface area contributed by atoms with Crippen molar-refractivity contribution >= 4 is 28.5 Å². The minimum atomic E-state index is -0.442. The van der Waals surface area contributed by atoms with Crippen molar-refractivity contribution in [2.45, 2.75) is 20.4 Å². The summed E-state index contributed by atoms with van der Waals surface area (Å²) in [4.78, 5) is 25.5. The highest BCUT2D eigenvalue weighted by Crippen LogP contribution is 2.31. The summed E-state index contributed by atoms with van der Waals surface area (Å²) in [6.45, 7) is 4.15. The van der Waals surface area contributed by atoms with E-state index in [2.05, 4.69) is 0 Å². The number of hydrogen-bond acceptors (Lipinski definition) is 4. The molecule has 0 aliphatic carbocycles. The van der Waals surface area contributed by atoms with E-state index >= 15 is 0 Å². The third-order valence-electron chi connectivity index (χ3n) is 4.32. The van der Waals surface area contributed by atoms with E-state index < -0.39 is 5.63 Å². The number of halogens is 1.